The molecule has 0 radical (unpaired) electrons. The van der Waals surface area contributed by atoms with Gasteiger partial charge in [0.15, 0.2) is 5.78 Å². The molecule has 3 aliphatic rings. The lowest BCUT2D eigenvalue weighted by Crippen LogP contribution is -2.33. The number of hydrogen-bond donors (Lipinski definition) is 1. The second kappa shape index (κ2) is 4.71. The lowest BCUT2D eigenvalue weighted by molar-refractivity contribution is -0.117. The summed E-state index contributed by atoms with van der Waals surface area (Å²) in [5.74, 6) is 0.536. The van der Waals surface area contributed by atoms with E-state index in [1.807, 2.05) is 6.08 Å². The first-order valence-electron chi connectivity index (χ1n) is 6.82. The number of carbonyl (C=O) groups excluding carboxylic acids is 1. The van der Waals surface area contributed by atoms with E-state index in [1.165, 1.54) is 0 Å². The highest BCUT2D eigenvalue weighted by molar-refractivity contribution is 8.04. The molecular weight excluding hydrogens is 256 g/mol. The maximum Gasteiger partial charge on any atom is 0.172 e. The van der Waals surface area contributed by atoms with E-state index in [1.54, 1.807) is 17.8 Å². The van der Waals surface area contributed by atoms with Crippen LogP contribution >= 0.6 is 11.8 Å². The van der Waals surface area contributed by atoms with Gasteiger partial charge in [-0.1, -0.05) is 32.1 Å². The van der Waals surface area contributed by atoms with Crippen LogP contribution in [0.5, 0.6) is 0 Å². The molecular formula is C16H18O2S. The molecule has 1 heterocycles. The zero-order valence-electron chi connectivity index (χ0n) is 11.2. The maximum absolute atomic E-state index is 12.5. The van der Waals surface area contributed by atoms with Crippen LogP contribution in [-0.4, -0.2) is 16.1 Å². The molecule has 1 fully saturated rings. The molecule has 3 rings (SSSR count). The van der Waals surface area contributed by atoms with Crippen molar-refractivity contribution in [2.24, 2.45) is 11.8 Å². The van der Waals surface area contributed by atoms with Gasteiger partial charge >= 0.3 is 0 Å². The highest BCUT2D eigenvalue weighted by atomic mass is 32.2. The van der Waals surface area contributed by atoms with Crippen molar-refractivity contribution in [2.45, 2.75) is 31.9 Å². The minimum atomic E-state index is -0.200. The Bertz CT molecular complexity index is 549. The smallest absolute Gasteiger partial charge is 0.172 e. The number of fused-ring (bicyclic) bond motifs is 2. The van der Waals surface area contributed by atoms with E-state index in [-0.39, 0.29) is 28.6 Å². The van der Waals surface area contributed by atoms with Crippen molar-refractivity contribution in [1.29, 1.82) is 0 Å². The van der Waals surface area contributed by atoms with Gasteiger partial charge in [0, 0.05) is 15.7 Å². The molecule has 1 aliphatic heterocycles. The highest BCUT2D eigenvalue weighted by Crippen LogP contribution is 2.46. The van der Waals surface area contributed by atoms with E-state index in [2.05, 4.69) is 26.0 Å². The van der Waals surface area contributed by atoms with Gasteiger partial charge < -0.3 is 5.11 Å². The van der Waals surface area contributed by atoms with Gasteiger partial charge in [-0.05, 0) is 30.4 Å². The Hall–Kier alpha value is -1.22. The fourth-order valence-corrected chi connectivity index (χ4v) is 4.24. The molecule has 0 aromatic heterocycles. The molecule has 0 bridgehead atoms. The van der Waals surface area contributed by atoms with Gasteiger partial charge in [-0.3, -0.25) is 4.79 Å². The molecule has 2 atom stereocenters. The van der Waals surface area contributed by atoms with Crippen LogP contribution in [0.1, 0.15) is 26.7 Å². The lowest BCUT2D eigenvalue weighted by atomic mass is 9.83. The summed E-state index contributed by atoms with van der Waals surface area (Å²) >= 11 is 1.77. The predicted octanol–water partition coefficient (Wildman–Crippen LogP) is 3.93. The summed E-state index contributed by atoms with van der Waals surface area (Å²) < 4.78 is 0. The van der Waals surface area contributed by atoms with Crippen LogP contribution in [0.25, 0.3) is 0 Å². The summed E-state index contributed by atoms with van der Waals surface area (Å²) in [5, 5.41) is 10.2. The zero-order chi connectivity index (χ0) is 13.6. The molecule has 2 aliphatic carbocycles. The van der Waals surface area contributed by atoms with Crippen molar-refractivity contribution in [3.05, 3.63) is 46.1 Å². The van der Waals surface area contributed by atoms with E-state index in [0.29, 0.717) is 0 Å². The van der Waals surface area contributed by atoms with Crippen LogP contribution in [-0.2, 0) is 4.79 Å². The van der Waals surface area contributed by atoms with Crippen LogP contribution in [0.15, 0.2) is 46.1 Å². The number of thioether (sulfide) groups is 1. The number of rotatable bonds is 1. The van der Waals surface area contributed by atoms with Crippen molar-refractivity contribution in [3.63, 3.8) is 0 Å². The van der Waals surface area contributed by atoms with E-state index in [0.717, 1.165) is 28.9 Å². The van der Waals surface area contributed by atoms with Crippen molar-refractivity contribution in [2.75, 3.05) is 0 Å². The summed E-state index contributed by atoms with van der Waals surface area (Å²) in [5.41, 5.74) is 1.83. The molecule has 0 aromatic carbocycles. The first-order valence-corrected chi connectivity index (χ1v) is 7.70. The molecule has 3 heteroatoms. The second-order valence-corrected chi connectivity index (χ2v) is 6.78. The summed E-state index contributed by atoms with van der Waals surface area (Å²) in [4.78, 5) is 13.6. The van der Waals surface area contributed by atoms with Crippen molar-refractivity contribution in [3.8, 4) is 0 Å². The Balaban J connectivity index is 1.99. The van der Waals surface area contributed by atoms with Gasteiger partial charge in [-0.15, -0.1) is 11.8 Å². The molecule has 1 saturated heterocycles. The molecule has 2 nitrogen and oxygen atoms in total. The molecule has 1 N–H and O–H groups in total. The van der Waals surface area contributed by atoms with Crippen LogP contribution < -0.4 is 0 Å². The number of carbonyl (C=O) groups is 1. The Morgan fingerprint density at radius 2 is 2.00 bits per heavy atom. The summed E-state index contributed by atoms with van der Waals surface area (Å²) in [7, 11) is 0. The third kappa shape index (κ3) is 2.10. The Kier molecular flexibility index (Phi) is 3.17. The molecule has 0 amide bonds. The minimum absolute atomic E-state index is 0.141. The van der Waals surface area contributed by atoms with E-state index < -0.39 is 0 Å². The van der Waals surface area contributed by atoms with Crippen molar-refractivity contribution in [1.82, 2.24) is 0 Å². The third-order valence-corrected chi connectivity index (χ3v) is 5.24. The monoisotopic (exact) mass is 274 g/mol. The van der Waals surface area contributed by atoms with E-state index >= 15 is 0 Å². The fraction of sp³-hybridized carbons (Fsp3) is 0.438. The van der Waals surface area contributed by atoms with Crippen molar-refractivity contribution < 1.29 is 9.90 Å². The van der Waals surface area contributed by atoms with E-state index in [9.17, 15) is 9.90 Å². The van der Waals surface area contributed by atoms with Gasteiger partial charge in [0.25, 0.3) is 0 Å². The Labute approximate surface area is 118 Å². The van der Waals surface area contributed by atoms with Crippen LogP contribution in [0.4, 0.5) is 0 Å². The SMILES string of the molecule is CC(C)C1=CC2SC3=CCCC=C3C(=O)C2C=C1O. The van der Waals surface area contributed by atoms with Crippen molar-refractivity contribution >= 4 is 17.5 Å². The first kappa shape index (κ1) is 12.8. The largest absolute Gasteiger partial charge is 0.508 e. The van der Waals surface area contributed by atoms with Gasteiger partial charge in [0.05, 0.1) is 5.92 Å². The molecule has 0 spiro atoms. The maximum atomic E-state index is 12.5. The summed E-state index contributed by atoms with van der Waals surface area (Å²) in [6.45, 7) is 4.13. The zero-order valence-corrected chi connectivity index (χ0v) is 12.0. The quantitative estimate of drug-likeness (QED) is 0.787. The second-order valence-electron chi connectivity index (χ2n) is 5.56. The molecule has 0 aromatic rings. The van der Waals surface area contributed by atoms with Gasteiger partial charge in [0.1, 0.15) is 5.76 Å². The lowest BCUT2D eigenvalue weighted by Gasteiger charge is -2.34. The highest BCUT2D eigenvalue weighted by Gasteiger charge is 2.39. The summed E-state index contributed by atoms with van der Waals surface area (Å²) in [6.07, 6.45) is 10.0. The first-order chi connectivity index (χ1) is 9.08. The number of aliphatic hydroxyl groups is 1. The topological polar surface area (TPSA) is 37.3 Å². The van der Waals surface area contributed by atoms with Gasteiger partial charge in [-0.25, -0.2) is 0 Å². The number of ketones is 1. The normalized spacial score (nSPS) is 29.9. The number of aliphatic hydroxyl groups excluding tert-OH is 1. The van der Waals surface area contributed by atoms with Gasteiger partial charge in [-0.2, -0.15) is 0 Å². The standard InChI is InChI=1S/C16H18O2S/c1-9(2)11-8-15-12(7-13(11)17)16(18)10-5-3-4-6-14(10)19-15/h5-9,12,15,17H,3-4H2,1-2H3. The fourth-order valence-electron chi connectivity index (χ4n) is 2.86. The molecule has 2 unspecified atom stereocenters. The van der Waals surface area contributed by atoms with Crippen LogP contribution in [0.3, 0.4) is 0 Å². The molecule has 19 heavy (non-hydrogen) atoms. The minimum Gasteiger partial charge on any atom is -0.508 e. The number of hydrogen-bond acceptors (Lipinski definition) is 3. The van der Waals surface area contributed by atoms with E-state index in [4.69, 9.17) is 0 Å². The molecule has 0 saturated carbocycles. The third-order valence-electron chi connectivity index (χ3n) is 3.89. The van der Waals surface area contributed by atoms with Gasteiger partial charge in [0.2, 0.25) is 0 Å². The van der Waals surface area contributed by atoms with Crippen LogP contribution in [0, 0.1) is 11.8 Å². The average molecular weight is 274 g/mol. The average Bonchev–Trinajstić information content (AvgIpc) is 2.39. The number of Topliss-reactive ketones (excluding diaryl/α,β-unsaturated/α-hetero) is 1. The number of allylic oxidation sites excluding steroid dienone is 5. The Morgan fingerprint density at radius 1 is 1.26 bits per heavy atom. The summed E-state index contributed by atoms with van der Waals surface area (Å²) in [6, 6.07) is 0. The Morgan fingerprint density at radius 3 is 2.74 bits per heavy atom. The molecule has 100 valence electrons. The predicted molar refractivity (Wildman–Crippen MR) is 78.9 cm³/mol. The van der Waals surface area contributed by atoms with Crippen LogP contribution in [0.2, 0.25) is 0 Å².